The zero-order valence-corrected chi connectivity index (χ0v) is 11.8. The van der Waals surface area contributed by atoms with E-state index in [1.54, 1.807) is 18.4 Å². The van der Waals surface area contributed by atoms with Gasteiger partial charge in [0.05, 0.1) is 18.9 Å². The van der Waals surface area contributed by atoms with Crippen LogP contribution in [0.4, 0.5) is 0 Å². The van der Waals surface area contributed by atoms with E-state index in [2.05, 4.69) is 16.8 Å². The maximum atomic E-state index is 5.81. The van der Waals surface area contributed by atoms with Crippen molar-refractivity contribution in [2.24, 2.45) is 5.73 Å². The summed E-state index contributed by atoms with van der Waals surface area (Å²) in [5.41, 5.74) is 6.70. The predicted octanol–water partition coefficient (Wildman–Crippen LogP) is 1.14. The molecule has 1 aromatic rings. The summed E-state index contributed by atoms with van der Waals surface area (Å²) < 4.78 is 11.0. The van der Waals surface area contributed by atoms with Crippen LogP contribution >= 0.6 is 11.3 Å². The molecule has 1 aromatic heterocycles. The lowest BCUT2D eigenvalue weighted by atomic mass is 10.3. The first kappa shape index (κ1) is 13.9. The predicted molar refractivity (Wildman–Crippen MR) is 71.5 cm³/mol. The fourth-order valence-corrected chi connectivity index (χ4v) is 3.08. The van der Waals surface area contributed by atoms with E-state index in [0.717, 1.165) is 41.8 Å². The molecule has 102 valence electrons. The van der Waals surface area contributed by atoms with Crippen molar-refractivity contribution in [2.75, 3.05) is 33.4 Å². The van der Waals surface area contributed by atoms with Gasteiger partial charge in [0.1, 0.15) is 11.1 Å². The molecule has 0 aliphatic carbocycles. The molecule has 1 atom stereocenters. The van der Waals surface area contributed by atoms with Crippen molar-refractivity contribution in [2.45, 2.75) is 26.2 Å². The summed E-state index contributed by atoms with van der Waals surface area (Å²) in [5.74, 6) is 0. The van der Waals surface area contributed by atoms with Gasteiger partial charge >= 0.3 is 0 Å². The van der Waals surface area contributed by atoms with Gasteiger partial charge in [-0.3, -0.25) is 4.90 Å². The lowest BCUT2D eigenvalue weighted by molar-refractivity contribution is -0.0283. The second kappa shape index (κ2) is 6.58. The van der Waals surface area contributed by atoms with Crippen LogP contribution in [-0.2, 0) is 22.6 Å². The largest absolute Gasteiger partial charge is 0.378 e. The van der Waals surface area contributed by atoms with Crippen LogP contribution in [0.25, 0.3) is 0 Å². The van der Waals surface area contributed by atoms with E-state index in [9.17, 15) is 0 Å². The van der Waals surface area contributed by atoms with Crippen molar-refractivity contribution in [1.82, 2.24) is 9.88 Å². The topological polar surface area (TPSA) is 60.6 Å². The third kappa shape index (κ3) is 3.07. The Bertz CT molecular complexity index is 383. The van der Waals surface area contributed by atoms with Crippen molar-refractivity contribution in [3.63, 3.8) is 0 Å². The molecule has 18 heavy (non-hydrogen) atoms. The van der Waals surface area contributed by atoms with Crippen LogP contribution in [-0.4, -0.2) is 43.2 Å². The molecule has 1 unspecified atom stereocenters. The zero-order valence-electron chi connectivity index (χ0n) is 11.0. The van der Waals surface area contributed by atoms with Gasteiger partial charge in [0.25, 0.3) is 0 Å². The summed E-state index contributed by atoms with van der Waals surface area (Å²) in [6.07, 6.45) is 0.0830. The minimum Gasteiger partial charge on any atom is -0.378 e. The number of thiazole rings is 1. The van der Waals surface area contributed by atoms with Gasteiger partial charge in [0, 0.05) is 31.6 Å². The third-order valence-electron chi connectivity index (χ3n) is 3.13. The molecule has 6 heteroatoms. The number of methoxy groups -OCH3 is 1. The van der Waals surface area contributed by atoms with E-state index < -0.39 is 0 Å². The van der Waals surface area contributed by atoms with Crippen LogP contribution in [0.2, 0.25) is 0 Å². The van der Waals surface area contributed by atoms with Crippen LogP contribution in [0.3, 0.4) is 0 Å². The van der Waals surface area contributed by atoms with Crippen LogP contribution in [0.5, 0.6) is 0 Å². The molecule has 1 saturated heterocycles. The van der Waals surface area contributed by atoms with Crippen LogP contribution in [0.1, 0.15) is 28.6 Å². The second-order valence-corrected chi connectivity index (χ2v) is 5.43. The highest BCUT2D eigenvalue weighted by Crippen LogP contribution is 2.28. The Morgan fingerprint density at radius 1 is 1.61 bits per heavy atom. The van der Waals surface area contributed by atoms with E-state index in [1.807, 2.05) is 0 Å². The number of hydrogen-bond donors (Lipinski definition) is 1. The van der Waals surface area contributed by atoms with Gasteiger partial charge in [-0.2, -0.15) is 0 Å². The van der Waals surface area contributed by atoms with Gasteiger partial charge in [-0.05, 0) is 6.54 Å². The van der Waals surface area contributed by atoms with E-state index in [4.69, 9.17) is 15.2 Å². The summed E-state index contributed by atoms with van der Waals surface area (Å²) in [6, 6.07) is 0. The molecular weight excluding hydrogens is 250 g/mol. The lowest BCUT2D eigenvalue weighted by Crippen LogP contribution is -2.38. The molecule has 0 radical (unpaired) electrons. The van der Waals surface area contributed by atoms with Gasteiger partial charge in [-0.15, -0.1) is 11.3 Å². The number of morpholine rings is 1. The Kier molecular flexibility index (Phi) is 5.08. The number of likely N-dealkylation sites (N-methyl/N-ethyl adjacent to an activating group) is 1. The molecule has 0 saturated carbocycles. The normalized spacial score (nSPS) is 21.4. The summed E-state index contributed by atoms with van der Waals surface area (Å²) in [5, 5.41) is 1.03. The number of hydrogen-bond acceptors (Lipinski definition) is 6. The van der Waals surface area contributed by atoms with Crippen molar-refractivity contribution in [3.05, 3.63) is 15.6 Å². The Morgan fingerprint density at radius 2 is 2.44 bits per heavy atom. The SMILES string of the molecule is CCN1CCOC(c2nc(COC)c(CN)s2)C1. The summed E-state index contributed by atoms with van der Waals surface area (Å²) in [6.45, 7) is 6.96. The fraction of sp³-hybridized carbons (Fsp3) is 0.750. The number of nitrogens with two attached hydrogens (primary N) is 1. The average Bonchev–Trinajstić information content (AvgIpc) is 2.82. The average molecular weight is 271 g/mol. The van der Waals surface area contributed by atoms with Crippen molar-refractivity contribution in [1.29, 1.82) is 0 Å². The van der Waals surface area contributed by atoms with Crippen molar-refractivity contribution in [3.8, 4) is 0 Å². The number of ether oxygens (including phenoxy) is 2. The highest BCUT2D eigenvalue weighted by atomic mass is 32.1. The zero-order chi connectivity index (χ0) is 13.0. The lowest BCUT2D eigenvalue weighted by Gasteiger charge is -2.30. The Morgan fingerprint density at radius 3 is 3.11 bits per heavy atom. The molecular formula is C12H21N3O2S. The fourth-order valence-electron chi connectivity index (χ4n) is 2.09. The van der Waals surface area contributed by atoms with E-state index >= 15 is 0 Å². The van der Waals surface area contributed by atoms with E-state index in [-0.39, 0.29) is 6.10 Å². The highest BCUT2D eigenvalue weighted by molar-refractivity contribution is 7.11. The minimum absolute atomic E-state index is 0.0830. The smallest absolute Gasteiger partial charge is 0.124 e. The monoisotopic (exact) mass is 271 g/mol. The summed E-state index contributed by atoms with van der Waals surface area (Å²) >= 11 is 1.65. The third-order valence-corrected chi connectivity index (χ3v) is 4.35. The number of nitrogens with zero attached hydrogens (tertiary/aromatic N) is 2. The molecule has 0 spiro atoms. The molecule has 1 aliphatic rings. The standard InChI is InChI=1S/C12H21N3O2S/c1-3-15-4-5-17-10(7-15)12-14-9(8-16-2)11(6-13)18-12/h10H,3-8,13H2,1-2H3. The van der Waals surface area contributed by atoms with Crippen LogP contribution < -0.4 is 5.73 Å². The summed E-state index contributed by atoms with van der Waals surface area (Å²) in [4.78, 5) is 8.11. The first-order valence-corrected chi connectivity index (χ1v) is 7.11. The minimum atomic E-state index is 0.0830. The first-order valence-electron chi connectivity index (χ1n) is 6.29. The van der Waals surface area contributed by atoms with Gasteiger partial charge in [0.2, 0.25) is 0 Å². The maximum Gasteiger partial charge on any atom is 0.124 e. The number of aromatic nitrogens is 1. The molecule has 1 fully saturated rings. The molecule has 0 bridgehead atoms. The molecule has 2 rings (SSSR count). The van der Waals surface area contributed by atoms with Gasteiger partial charge in [0.15, 0.2) is 0 Å². The van der Waals surface area contributed by atoms with Gasteiger partial charge in [-0.1, -0.05) is 6.92 Å². The molecule has 0 amide bonds. The quantitative estimate of drug-likeness (QED) is 0.870. The molecule has 0 aromatic carbocycles. The number of rotatable bonds is 5. The van der Waals surface area contributed by atoms with Crippen LogP contribution in [0.15, 0.2) is 0 Å². The molecule has 5 nitrogen and oxygen atoms in total. The highest BCUT2D eigenvalue weighted by Gasteiger charge is 2.25. The first-order chi connectivity index (χ1) is 8.78. The van der Waals surface area contributed by atoms with E-state index in [1.165, 1.54) is 0 Å². The Hall–Kier alpha value is -0.530. The van der Waals surface area contributed by atoms with E-state index in [0.29, 0.717) is 13.2 Å². The Labute approximate surface area is 112 Å². The molecule has 1 aliphatic heterocycles. The van der Waals surface area contributed by atoms with Gasteiger partial charge < -0.3 is 15.2 Å². The second-order valence-electron chi connectivity index (χ2n) is 4.31. The summed E-state index contributed by atoms with van der Waals surface area (Å²) in [7, 11) is 1.68. The Balaban J connectivity index is 2.12. The van der Waals surface area contributed by atoms with Crippen molar-refractivity contribution >= 4 is 11.3 Å². The van der Waals surface area contributed by atoms with Crippen molar-refractivity contribution < 1.29 is 9.47 Å². The van der Waals surface area contributed by atoms with Gasteiger partial charge in [-0.25, -0.2) is 4.98 Å². The van der Waals surface area contributed by atoms with Crippen LogP contribution in [0, 0.1) is 0 Å². The molecule has 2 heterocycles. The maximum absolute atomic E-state index is 5.81. The molecule has 2 N–H and O–H groups in total.